The lowest BCUT2D eigenvalue weighted by atomic mass is 9.72. The lowest BCUT2D eigenvalue weighted by Crippen LogP contribution is -2.56. The molecule has 0 bridgehead atoms. The van der Waals surface area contributed by atoms with Crippen LogP contribution in [0.1, 0.15) is 64.5 Å². The van der Waals surface area contributed by atoms with Crippen LogP contribution < -0.4 is 4.74 Å². The van der Waals surface area contributed by atoms with Gasteiger partial charge < -0.3 is 9.84 Å². The van der Waals surface area contributed by atoms with Crippen LogP contribution in [0.3, 0.4) is 0 Å². The van der Waals surface area contributed by atoms with E-state index >= 15 is 0 Å². The number of rotatable bonds is 5. The van der Waals surface area contributed by atoms with Crippen molar-refractivity contribution in [1.29, 1.82) is 0 Å². The van der Waals surface area contributed by atoms with Gasteiger partial charge in [0, 0.05) is 24.7 Å². The third kappa shape index (κ3) is 4.45. The van der Waals surface area contributed by atoms with Crippen LogP contribution in [-0.4, -0.2) is 34.7 Å². The molecular formula is C27H37NO3. The molecule has 2 aliphatic rings. The van der Waals surface area contributed by atoms with Crippen molar-refractivity contribution in [3.05, 3.63) is 41.5 Å². The number of benzene rings is 2. The number of carboxylic acids is 1. The van der Waals surface area contributed by atoms with Crippen LogP contribution in [0.15, 0.2) is 30.3 Å². The van der Waals surface area contributed by atoms with Crippen molar-refractivity contribution in [2.45, 2.75) is 79.0 Å². The van der Waals surface area contributed by atoms with Gasteiger partial charge in [-0.3, -0.25) is 9.69 Å². The van der Waals surface area contributed by atoms with Gasteiger partial charge in [-0.1, -0.05) is 45.0 Å². The van der Waals surface area contributed by atoms with E-state index in [0.717, 1.165) is 31.1 Å². The lowest BCUT2D eigenvalue weighted by Gasteiger charge is -2.44. The molecular weight excluding hydrogens is 386 g/mol. The SMILES string of the molecule is Cc1cc(OC2CCC(C(C)(C)C)CC2)c(CN2CC(C(=O)O)C2C)c2ccccc12. The highest BCUT2D eigenvalue weighted by molar-refractivity contribution is 5.90. The first-order valence-electron chi connectivity index (χ1n) is 11.8. The van der Waals surface area contributed by atoms with Crippen LogP contribution in [0.2, 0.25) is 0 Å². The highest BCUT2D eigenvalue weighted by Gasteiger charge is 2.41. The minimum atomic E-state index is -0.690. The molecule has 2 unspecified atom stereocenters. The Morgan fingerprint density at radius 1 is 1.13 bits per heavy atom. The number of carboxylic acid groups (broad SMARTS) is 1. The summed E-state index contributed by atoms with van der Waals surface area (Å²) in [5.41, 5.74) is 2.80. The second-order valence-electron chi connectivity index (χ2n) is 10.8. The summed E-state index contributed by atoms with van der Waals surface area (Å²) in [5.74, 6) is 0.791. The smallest absolute Gasteiger partial charge is 0.309 e. The number of aliphatic carboxylic acids is 1. The Kier molecular flexibility index (Phi) is 6.04. The fourth-order valence-corrected chi connectivity index (χ4v) is 5.46. The summed E-state index contributed by atoms with van der Waals surface area (Å²) in [5, 5.41) is 11.9. The predicted molar refractivity (Wildman–Crippen MR) is 126 cm³/mol. The van der Waals surface area contributed by atoms with Gasteiger partial charge in [0.1, 0.15) is 5.75 Å². The molecule has 1 heterocycles. The Morgan fingerprint density at radius 3 is 2.35 bits per heavy atom. The number of carbonyl (C=O) groups is 1. The quantitative estimate of drug-likeness (QED) is 0.637. The van der Waals surface area contributed by atoms with E-state index in [4.69, 9.17) is 4.74 Å². The molecule has 4 heteroatoms. The number of nitrogens with zero attached hydrogens (tertiary/aromatic N) is 1. The molecule has 4 nitrogen and oxygen atoms in total. The number of aryl methyl sites for hydroxylation is 1. The maximum absolute atomic E-state index is 11.4. The first kappa shape index (κ1) is 22.1. The number of fused-ring (bicyclic) bond motifs is 1. The summed E-state index contributed by atoms with van der Waals surface area (Å²) < 4.78 is 6.67. The van der Waals surface area contributed by atoms with E-state index in [9.17, 15) is 9.90 Å². The normalized spacial score (nSPS) is 27.1. The molecule has 2 aromatic carbocycles. The number of hydrogen-bond donors (Lipinski definition) is 1. The van der Waals surface area contributed by atoms with Crippen molar-refractivity contribution in [2.24, 2.45) is 17.3 Å². The van der Waals surface area contributed by atoms with Gasteiger partial charge in [0.25, 0.3) is 0 Å². The van der Waals surface area contributed by atoms with E-state index in [2.05, 4.69) is 62.9 Å². The van der Waals surface area contributed by atoms with Crippen LogP contribution in [0.25, 0.3) is 10.8 Å². The Morgan fingerprint density at radius 2 is 1.77 bits per heavy atom. The minimum absolute atomic E-state index is 0.0487. The third-order valence-electron chi connectivity index (χ3n) is 7.78. The van der Waals surface area contributed by atoms with E-state index in [0.29, 0.717) is 12.0 Å². The van der Waals surface area contributed by atoms with Crippen LogP contribution >= 0.6 is 0 Å². The fraction of sp³-hybridized carbons (Fsp3) is 0.593. The molecule has 0 amide bonds. The van der Waals surface area contributed by atoms with Gasteiger partial charge in [-0.25, -0.2) is 0 Å². The summed E-state index contributed by atoms with van der Waals surface area (Å²) in [7, 11) is 0. The highest BCUT2D eigenvalue weighted by Crippen LogP contribution is 2.41. The second kappa shape index (κ2) is 8.46. The van der Waals surface area contributed by atoms with Crippen LogP contribution in [-0.2, 0) is 11.3 Å². The van der Waals surface area contributed by atoms with Crippen molar-refractivity contribution in [3.63, 3.8) is 0 Å². The summed E-state index contributed by atoms with van der Waals surface area (Å²) in [6.45, 7) is 12.6. The van der Waals surface area contributed by atoms with E-state index in [1.807, 2.05) is 6.92 Å². The van der Waals surface area contributed by atoms with Gasteiger partial charge in [0.15, 0.2) is 0 Å². The number of likely N-dealkylation sites (tertiary alicyclic amines) is 1. The molecule has 168 valence electrons. The van der Waals surface area contributed by atoms with Gasteiger partial charge in [0.05, 0.1) is 12.0 Å². The molecule has 0 spiro atoms. The van der Waals surface area contributed by atoms with Gasteiger partial charge in [-0.15, -0.1) is 0 Å². The largest absolute Gasteiger partial charge is 0.490 e. The Hall–Kier alpha value is -2.07. The molecule has 1 saturated heterocycles. The van der Waals surface area contributed by atoms with Crippen LogP contribution in [0.5, 0.6) is 5.75 Å². The topological polar surface area (TPSA) is 49.8 Å². The molecule has 1 N–H and O–H groups in total. The van der Waals surface area contributed by atoms with Gasteiger partial charge in [0.2, 0.25) is 0 Å². The van der Waals surface area contributed by atoms with Crippen molar-refractivity contribution in [1.82, 2.24) is 4.90 Å². The third-order valence-corrected chi connectivity index (χ3v) is 7.78. The zero-order valence-corrected chi connectivity index (χ0v) is 19.6. The molecule has 1 aliphatic carbocycles. The van der Waals surface area contributed by atoms with Crippen molar-refractivity contribution >= 4 is 16.7 Å². The molecule has 1 aliphatic heterocycles. The van der Waals surface area contributed by atoms with Crippen molar-refractivity contribution in [2.75, 3.05) is 6.54 Å². The zero-order valence-electron chi connectivity index (χ0n) is 19.6. The average Bonchev–Trinajstić information content (AvgIpc) is 2.71. The van der Waals surface area contributed by atoms with E-state index < -0.39 is 5.97 Å². The van der Waals surface area contributed by atoms with Gasteiger partial charge in [-0.05, 0) is 73.3 Å². The Labute approximate surface area is 186 Å². The summed E-state index contributed by atoms with van der Waals surface area (Å²) in [6, 6.07) is 10.8. The Balaban J connectivity index is 1.58. The van der Waals surface area contributed by atoms with Crippen molar-refractivity contribution < 1.29 is 14.6 Å². The fourth-order valence-electron chi connectivity index (χ4n) is 5.46. The first-order chi connectivity index (χ1) is 14.6. The molecule has 31 heavy (non-hydrogen) atoms. The van der Waals surface area contributed by atoms with E-state index in [1.54, 1.807) is 0 Å². The van der Waals surface area contributed by atoms with E-state index in [-0.39, 0.29) is 18.1 Å². The maximum atomic E-state index is 11.4. The van der Waals surface area contributed by atoms with Crippen LogP contribution in [0, 0.1) is 24.2 Å². The minimum Gasteiger partial charge on any atom is -0.490 e. The standard InChI is InChI=1S/C27H37NO3/c1-17-14-25(31-20-12-10-19(11-13-20)27(3,4)5)24(22-9-7-6-8-21(17)22)16-28-15-23(18(28)2)26(29)30/h6-9,14,18-20,23H,10-13,15-16H2,1-5H3,(H,29,30). The zero-order chi connectivity index (χ0) is 22.3. The molecule has 1 saturated carbocycles. The highest BCUT2D eigenvalue weighted by atomic mass is 16.5. The van der Waals surface area contributed by atoms with Crippen LogP contribution in [0.4, 0.5) is 0 Å². The molecule has 2 aromatic rings. The number of ether oxygens (including phenoxy) is 1. The Bertz CT molecular complexity index is 953. The summed E-state index contributed by atoms with van der Waals surface area (Å²) in [6.07, 6.45) is 4.92. The maximum Gasteiger partial charge on any atom is 0.309 e. The predicted octanol–water partition coefficient (Wildman–Crippen LogP) is 6.04. The molecule has 2 atom stereocenters. The molecule has 2 fully saturated rings. The monoisotopic (exact) mass is 423 g/mol. The summed E-state index contributed by atoms with van der Waals surface area (Å²) in [4.78, 5) is 13.7. The average molecular weight is 424 g/mol. The van der Waals surface area contributed by atoms with E-state index in [1.165, 1.54) is 34.7 Å². The lowest BCUT2D eigenvalue weighted by molar-refractivity contribution is -0.152. The summed E-state index contributed by atoms with van der Waals surface area (Å²) >= 11 is 0. The first-order valence-corrected chi connectivity index (χ1v) is 11.8. The number of hydrogen-bond acceptors (Lipinski definition) is 3. The molecule has 0 radical (unpaired) electrons. The van der Waals surface area contributed by atoms with Gasteiger partial charge in [-0.2, -0.15) is 0 Å². The second-order valence-corrected chi connectivity index (χ2v) is 10.8. The molecule has 0 aromatic heterocycles. The molecule has 4 rings (SSSR count). The van der Waals surface area contributed by atoms with Crippen molar-refractivity contribution in [3.8, 4) is 5.75 Å². The van der Waals surface area contributed by atoms with Gasteiger partial charge >= 0.3 is 5.97 Å².